The first kappa shape index (κ1) is 21.2. The van der Waals surface area contributed by atoms with Gasteiger partial charge in [-0.2, -0.15) is 0 Å². The molecule has 0 unspecified atom stereocenters. The average molecular weight is 285 g/mol. The molecular weight excluding hydrogens is 272 g/mol. The van der Waals surface area contributed by atoms with Gasteiger partial charge in [0.2, 0.25) is 0 Å². The van der Waals surface area contributed by atoms with Gasteiger partial charge in [-0.25, -0.2) is 0 Å². The monoisotopic (exact) mass is 285 g/mol. The second-order valence-electron chi connectivity index (χ2n) is 3.56. The topological polar surface area (TPSA) is 98.1 Å². The molecule has 1 rings (SSSR count). The third-order valence-corrected chi connectivity index (χ3v) is 2.10. The molecule has 1 aromatic rings. The summed E-state index contributed by atoms with van der Waals surface area (Å²) in [7, 11) is 0. The SMILES string of the molecule is O=C(O)CN(CC(=O)O)Cc1ccccc1O.[Na].[Na]. The van der Waals surface area contributed by atoms with Crippen molar-refractivity contribution in [3.63, 3.8) is 0 Å². The van der Waals surface area contributed by atoms with E-state index in [0.29, 0.717) is 5.56 Å². The number of carbonyl (C=O) groups is 2. The molecule has 0 atom stereocenters. The van der Waals surface area contributed by atoms with Gasteiger partial charge in [0.25, 0.3) is 0 Å². The summed E-state index contributed by atoms with van der Waals surface area (Å²) in [4.78, 5) is 22.4. The second-order valence-corrected chi connectivity index (χ2v) is 3.56. The predicted octanol–water partition coefficient (Wildman–Crippen LogP) is -0.398. The van der Waals surface area contributed by atoms with Crippen LogP contribution in [0.3, 0.4) is 0 Å². The van der Waals surface area contributed by atoms with Gasteiger partial charge in [0.05, 0.1) is 13.1 Å². The quantitative estimate of drug-likeness (QED) is 0.615. The fraction of sp³-hybridized carbons (Fsp3) is 0.273. The van der Waals surface area contributed by atoms with E-state index in [1.807, 2.05) is 0 Å². The maximum Gasteiger partial charge on any atom is 0.317 e. The molecule has 0 aliphatic heterocycles. The molecule has 0 spiro atoms. The van der Waals surface area contributed by atoms with Crippen LogP contribution in [0.15, 0.2) is 24.3 Å². The Morgan fingerprint density at radius 3 is 1.89 bits per heavy atom. The number of rotatable bonds is 6. The van der Waals surface area contributed by atoms with Gasteiger partial charge in [-0.05, 0) is 6.07 Å². The summed E-state index contributed by atoms with van der Waals surface area (Å²) in [6.07, 6.45) is 0. The van der Waals surface area contributed by atoms with Crippen LogP contribution >= 0.6 is 0 Å². The molecule has 0 saturated heterocycles. The third kappa shape index (κ3) is 8.65. The molecular formula is C11H13NNa2O5. The van der Waals surface area contributed by atoms with E-state index in [-0.39, 0.29) is 84.5 Å². The van der Waals surface area contributed by atoms with Gasteiger partial charge in [-0.3, -0.25) is 14.5 Å². The molecule has 2 radical (unpaired) electrons. The van der Waals surface area contributed by atoms with E-state index in [4.69, 9.17) is 10.2 Å². The molecule has 0 aliphatic rings. The van der Waals surface area contributed by atoms with Crippen LogP contribution in [0.25, 0.3) is 0 Å². The summed E-state index contributed by atoms with van der Waals surface area (Å²) >= 11 is 0. The minimum absolute atomic E-state index is 0. The maximum absolute atomic E-state index is 10.6. The van der Waals surface area contributed by atoms with Crippen molar-refractivity contribution in [2.75, 3.05) is 13.1 Å². The van der Waals surface area contributed by atoms with E-state index in [0.717, 1.165) is 0 Å². The summed E-state index contributed by atoms with van der Waals surface area (Å²) in [5.74, 6) is -2.20. The number of para-hydroxylation sites is 1. The van der Waals surface area contributed by atoms with Crippen LogP contribution in [0.5, 0.6) is 5.75 Å². The van der Waals surface area contributed by atoms with E-state index in [2.05, 4.69) is 0 Å². The van der Waals surface area contributed by atoms with E-state index in [9.17, 15) is 14.7 Å². The Morgan fingerprint density at radius 1 is 1.00 bits per heavy atom. The zero-order chi connectivity index (χ0) is 12.8. The number of hydrogen-bond acceptors (Lipinski definition) is 4. The molecule has 6 nitrogen and oxygen atoms in total. The zero-order valence-corrected chi connectivity index (χ0v) is 15.0. The van der Waals surface area contributed by atoms with E-state index < -0.39 is 11.9 Å². The number of aromatic hydroxyl groups is 1. The molecule has 0 amide bonds. The molecule has 0 fully saturated rings. The van der Waals surface area contributed by atoms with Crippen LogP contribution in [-0.4, -0.2) is 104 Å². The molecule has 0 heterocycles. The third-order valence-electron chi connectivity index (χ3n) is 2.10. The number of phenols is 1. The number of aliphatic carboxylic acids is 2. The normalized spacial score (nSPS) is 9.32. The number of carboxylic acid groups (broad SMARTS) is 2. The molecule has 8 heteroatoms. The fourth-order valence-corrected chi connectivity index (χ4v) is 1.44. The van der Waals surface area contributed by atoms with Gasteiger partial charge < -0.3 is 15.3 Å². The van der Waals surface area contributed by atoms with Crippen LogP contribution in [-0.2, 0) is 16.1 Å². The van der Waals surface area contributed by atoms with Crippen LogP contribution in [0.1, 0.15) is 5.56 Å². The van der Waals surface area contributed by atoms with Gasteiger partial charge in [-0.1, -0.05) is 18.2 Å². The maximum atomic E-state index is 10.6. The van der Waals surface area contributed by atoms with Crippen molar-refractivity contribution in [3.8, 4) is 5.75 Å². The first-order valence-electron chi connectivity index (χ1n) is 4.92. The number of benzene rings is 1. The molecule has 19 heavy (non-hydrogen) atoms. The van der Waals surface area contributed by atoms with E-state index in [1.54, 1.807) is 18.2 Å². The molecule has 0 bridgehead atoms. The Balaban J connectivity index is 0. The molecule has 1 aromatic carbocycles. The second kappa shape index (κ2) is 10.7. The van der Waals surface area contributed by atoms with Crippen molar-refractivity contribution in [2.24, 2.45) is 0 Å². The Bertz CT molecular complexity index is 411. The molecule has 3 N–H and O–H groups in total. The number of nitrogens with zero attached hydrogens (tertiary/aromatic N) is 1. The zero-order valence-electron chi connectivity index (χ0n) is 11.0. The number of carboxylic acids is 2. The standard InChI is InChI=1S/C11H13NO5.2Na/c13-9-4-2-1-3-8(9)5-12(6-10(14)15)7-11(16)17;;/h1-4,13H,5-7H2,(H,14,15)(H,16,17);;. The molecule has 0 aromatic heterocycles. The first-order valence-corrected chi connectivity index (χ1v) is 4.92. The fourth-order valence-electron chi connectivity index (χ4n) is 1.44. The predicted molar refractivity (Wildman–Crippen MR) is 70.2 cm³/mol. The Labute approximate surface area is 155 Å². The van der Waals surface area contributed by atoms with Gasteiger partial charge in [0.1, 0.15) is 5.75 Å². The summed E-state index contributed by atoms with van der Waals surface area (Å²) in [6.45, 7) is -0.702. The molecule has 0 aliphatic carbocycles. The number of phenolic OH excluding ortho intramolecular Hbond substituents is 1. The van der Waals surface area contributed by atoms with Crippen molar-refractivity contribution in [1.29, 1.82) is 0 Å². The van der Waals surface area contributed by atoms with Gasteiger partial charge in [0.15, 0.2) is 0 Å². The van der Waals surface area contributed by atoms with Crippen LogP contribution < -0.4 is 0 Å². The first-order chi connectivity index (χ1) is 7.99. The van der Waals surface area contributed by atoms with Gasteiger partial charge >= 0.3 is 11.9 Å². The average Bonchev–Trinajstić information content (AvgIpc) is 2.19. The van der Waals surface area contributed by atoms with Crippen LogP contribution in [0, 0.1) is 0 Å². The Hall–Kier alpha value is -0.0800. The summed E-state index contributed by atoms with van der Waals surface area (Å²) in [5.41, 5.74) is 0.495. The minimum atomic E-state index is -1.11. The van der Waals surface area contributed by atoms with E-state index >= 15 is 0 Å². The van der Waals surface area contributed by atoms with Crippen molar-refractivity contribution in [1.82, 2.24) is 4.90 Å². The van der Waals surface area contributed by atoms with Crippen molar-refractivity contribution >= 4 is 71.1 Å². The Morgan fingerprint density at radius 2 is 1.47 bits per heavy atom. The summed E-state index contributed by atoms with van der Waals surface area (Å²) in [6, 6.07) is 6.41. The molecule has 0 saturated carbocycles. The van der Waals surface area contributed by atoms with Crippen molar-refractivity contribution < 1.29 is 24.9 Å². The molecule has 94 valence electrons. The van der Waals surface area contributed by atoms with Gasteiger partial charge in [0, 0.05) is 71.2 Å². The largest absolute Gasteiger partial charge is 0.508 e. The summed E-state index contributed by atoms with van der Waals surface area (Å²) < 4.78 is 0. The van der Waals surface area contributed by atoms with Crippen molar-refractivity contribution in [3.05, 3.63) is 29.8 Å². The van der Waals surface area contributed by atoms with Crippen LogP contribution in [0.2, 0.25) is 0 Å². The minimum Gasteiger partial charge on any atom is -0.508 e. The van der Waals surface area contributed by atoms with Crippen molar-refractivity contribution in [2.45, 2.75) is 6.54 Å². The van der Waals surface area contributed by atoms with E-state index in [1.165, 1.54) is 11.0 Å². The van der Waals surface area contributed by atoms with Crippen LogP contribution in [0.4, 0.5) is 0 Å². The van der Waals surface area contributed by atoms with Gasteiger partial charge in [-0.15, -0.1) is 0 Å². The Kier molecular flexibility index (Phi) is 11.9. The number of hydrogen-bond donors (Lipinski definition) is 3. The summed E-state index contributed by atoms with van der Waals surface area (Å²) in [5, 5.41) is 26.8. The smallest absolute Gasteiger partial charge is 0.317 e.